The summed E-state index contributed by atoms with van der Waals surface area (Å²) in [7, 11) is 0. The lowest BCUT2D eigenvalue weighted by molar-refractivity contribution is 0.353. The summed E-state index contributed by atoms with van der Waals surface area (Å²) < 4.78 is 0. The molecule has 21 heavy (non-hydrogen) atoms. The van der Waals surface area contributed by atoms with Gasteiger partial charge in [-0.3, -0.25) is 0 Å². The third-order valence-corrected chi connectivity index (χ3v) is 4.14. The van der Waals surface area contributed by atoms with Gasteiger partial charge in [-0.25, -0.2) is 0 Å². The average Bonchev–Trinajstić information content (AvgIpc) is 2.50. The lowest BCUT2D eigenvalue weighted by Gasteiger charge is -2.20. The zero-order valence-electron chi connectivity index (χ0n) is 15.2. The molecule has 0 spiro atoms. The highest BCUT2D eigenvalue weighted by Gasteiger charge is 1.98. The Bertz CT molecular complexity index is 210. The van der Waals surface area contributed by atoms with Gasteiger partial charge in [0.25, 0.3) is 0 Å². The molecule has 0 radical (unpaired) electrons. The van der Waals surface area contributed by atoms with E-state index in [4.69, 9.17) is 0 Å². The van der Waals surface area contributed by atoms with Crippen molar-refractivity contribution >= 4 is 0 Å². The Morgan fingerprint density at radius 3 is 1.76 bits per heavy atom. The Kier molecular flexibility index (Phi) is 17.2. The third-order valence-electron chi connectivity index (χ3n) is 4.14. The van der Waals surface area contributed by atoms with Crippen LogP contribution in [0.5, 0.6) is 0 Å². The number of allylic oxidation sites excluding steroid dienone is 1. The molecular weight excluding hydrogens is 254 g/mol. The number of hydrogen-bond acceptors (Lipinski definition) is 1. The van der Waals surface area contributed by atoms with Gasteiger partial charge in [0, 0.05) is 13.1 Å². The zero-order chi connectivity index (χ0) is 15.6. The first-order valence-electron chi connectivity index (χ1n) is 9.75. The standard InChI is InChI=1S/C20H41N/c1-4-7-10-12-14-16-19-21(18-9-6-3)20-17-15-13-11-8-5-2/h16,19H,4-15,17-18,20H2,1-3H3. The van der Waals surface area contributed by atoms with Crippen molar-refractivity contribution in [1.29, 1.82) is 0 Å². The highest BCUT2D eigenvalue weighted by molar-refractivity contribution is 4.82. The van der Waals surface area contributed by atoms with Crippen molar-refractivity contribution in [3.63, 3.8) is 0 Å². The average molecular weight is 296 g/mol. The van der Waals surface area contributed by atoms with Crippen LogP contribution in [0.3, 0.4) is 0 Å². The maximum atomic E-state index is 2.56. The normalized spacial score (nSPS) is 11.4. The van der Waals surface area contributed by atoms with E-state index >= 15 is 0 Å². The molecule has 0 fully saturated rings. The molecule has 1 heteroatoms. The van der Waals surface area contributed by atoms with Gasteiger partial charge in [0.15, 0.2) is 0 Å². The smallest absolute Gasteiger partial charge is 0.0172 e. The molecule has 0 heterocycles. The molecule has 0 aliphatic heterocycles. The van der Waals surface area contributed by atoms with Gasteiger partial charge in [-0.05, 0) is 31.9 Å². The summed E-state index contributed by atoms with van der Waals surface area (Å²) >= 11 is 0. The van der Waals surface area contributed by atoms with Crippen LogP contribution in [0.2, 0.25) is 0 Å². The first kappa shape index (κ1) is 20.5. The van der Waals surface area contributed by atoms with Gasteiger partial charge in [-0.2, -0.15) is 0 Å². The van der Waals surface area contributed by atoms with E-state index in [0.717, 1.165) is 0 Å². The molecule has 0 aromatic rings. The fraction of sp³-hybridized carbons (Fsp3) is 0.900. The fourth-order valence-electron chi connectivity index (χ4n) is 2.63. The Morgan fingerprint density at radius 2 is 1.10 bits per heavy atom. The molecule has 0 unspecified atom stereocenters. The summed E-state index contributed by atoms with van der Waals surface area (Å²) in [6.07, 6.45) is 22.6. The van der Waals surface area contributed by atoms with E-state index in [1.165, 1.54) is 96.6 Å². The molecule has 0 bridgehead atoms. The van der Waals surface area contributed by atoms with Crippen LogP contribution < -0.4 is 0 Å². The molecule has 0 saturated carbocycles. The van der Waals surface area contributed by atoms with Crippen LogP contribution in [0.1, 0.15) is 104 Å². The van der Waals surface area contributed by atoms with Crippen LogP contribution in [0.25, 0.3) is 0 Å². The first-order valence-corrected chi connectivity index (χ1v) is 9.75. The maximum Gasteiger partial charge on any atom is 0.0172 e. The van der Waals surface area contributed by atoms with Gasteiger partial charge in [-0.1, -0.05) is 84.6 Å². The Labute approximate surface area is 135 Å². The Balaban J connectivity index is 3.72. The van der Waals surface area contributed by atoms with Crippen molar-refractivity contribution in [2.24, 2.45) is 0 Å². The molecule has 0 aliphatic rings. The van der Waals surface area contributed by atoms with E-state index in [2.05, 4.69) is 37.9 Å². The predicted octanol–water partition coefficient (Wildman–Crippen LogP) is 6.93. The highest BCUT2D eigenvalue weighted by atomic mass is 15.1. The van der Waals surface area contributed by atoms with Crippen LogP contribution in [0.15, 0.2) is 12.3 Å². The lowest BCUT2D eigenvalue weighted by atomic mass is 10.1. The number of hydrogen-bond donors (Lipinski definition) is 0. The molecule has 0 saturated heterocycles. The minimum absolute atomic E-state index is 1.25. The summed E-state index contributed by atoms with van der Waals surface area (Å²) in [4.78, 5) is 2.56. The largest absolute Gasteiger partial charge is 0.378 e. The van der Waals surface area contributed by atoms with E-state index in [-0.39, 0.29) is 0 Å². The second-order valence-corrected chi connectivity index (χ2v) is 6.39. The molecular formula is C20H41N. The lowest BCUT2D eigenvalue weighted by Crippen LogP contribution is -2.19. The Hall–Kier alpha value is -0.460. The van der Waals surface area contributed by atoms with Crippen molar-refractivity contribution in [3.8, 4) is 0 Å². The number of unbranched alkanes of at least 4 members (excludes halogenated alkanes) is 10. The first-order chi connectivity index (χ1) is 10.3. The molecule has 0 aromatic carbocycles. The molecule has 0 amide bonds. The molecule has 0 rings (SSSR count). The van der Waals surface area contributed by atoms with Gasteiger partial charge >= 0.3 is 0 Å². The third kappa shape index (κ3) is 15.7. The van der Waals surface area contributed by atoms with Crippen molar-refractivity contribution in [3.05, 3.63) is 12.3 Å². The topological polar surface area (TPSA) is 3.24 Å². The van der Waals surface area contributed by atoms with Gasteiger partial charge in [0.2, 0.25) is 0 Å². The van der Waals surface area contributed by atoms with Crippen molar-refractivity contribution < 1.29 is 0 Å². The van der Waals surface area contributed by atoms with E-state index in [1.807, 2.05) is 0 Å². The summed E-state index contributed by atoms with van der Waals surface area (Å²) in [6, 6.07) is 0. The predicted molar refractivity (Wildman–Crippen MR) is 97.8 cm³/mol. The quantitative estimate of drug-likeness (QED) is 0.279. The molecule has 0 atom stereocenters. The van der Waals surface area contributed by atoms with Crippen LogP contribution in [0.4, 0.5) is 0 Å². The van der Waals surface area contributed by atoms with E-state index < -0.39 is 0 Å². The minimum atomic E-state index is 1.25. The van der Waals surface area contributed by atoms with Crippen molar-refractivity contribution in [2.75, 3.05) is 13.1 Å². The Morgan fingerprint density at radius 1 is 0.571 bits per heavy atom. The highest BCUT2D eigenvalue weighted by Crippen LogP contribution is 2.08. The molecule has 1 nitrogen and oxygen atoms in total. The van der Waals surface area contributed by atoms with E-state index in [0.29, 0.717) is 0 Å². The monoisotopic (exact) mass is 295 g/mol. The van der Waals surface area contributed by atoms with Crippen LogP contribution in [0, 0.1) is 0 Å². The van der Waals surface area contributed by atoms with Crippen molar-refractivity contribution in [1.82, 2.24) is 4.90 Å². The second kappa shape index (κ2) is 17.6. The van der Waals surface area contributed by atoms with Crippen LogP contribution in [-0.4, -0.2) is 18.0 Å². The molecule has 0 aromatic heterocycles. The molecule has 0 aliphatic carbocycles. The number of rotatable bonds is 16. The second-order valence-electron chi connectivity index (χ2n) is 6.39. The maximum absolute atomic E-state index is 2.56. The SMILES string of the molecule is CCCCCCC=CN(CCCC)CCCCCCCC. The summed E-state index contributed by atoms with van der Waals surface area (Å²) in [5, 5.41) is 0. The van der Waals surface area contributed by atoms with E-state index in [1.54, 1.807) is 0 Å². The van der Waals surface area contributed by atoms with Gasteiger partial charge in [0.1, 0.15) is 0 Å². The van der Waals surface area contributed by atoms with Crippen LogP contribution in [-0.2, 0) is 0 Å². The van der Waals surface area contributed by atoms with Gasteiger partial charge in [-0.15, -0.1) is 0 Å². The zero-order valence-corrected chi connectivity index (χ0v) is 15.2. The van der Waals surface area contributed by atoms with Gasteiger partial charge in [0.05, 0.1) is 0 Å². The number of nitrogens with zero attached hydrogens (tertiary/aromatic N) is 1. The minimum Gasteiger partial charge on any atom is -0.378 e. The summed E-state index contributed by atoms with van der Waals surface area (Å²) in [5.74, 6) is 0. The van der Waals surface area contributed by atoms with Crippen LogP contribution >= 0.6 is 0 Å². The summed E-state index contributed by atoms with van der Waals surface area (Å²) in [5.41, 5.74) is 0. The van der Waals surface area contributed by atoms with Gasteiger partial charge < -0.3 is 4.90 Å². The molecule has 0 N–H and O–H groups in total. The van der Waals surface area contributed by atoms with E-state index in [9.17, 15) is 0 Å². The molecule has 126 valence electrons. The fourth-order valence-corrected chi connectivity index (χ4v) is 2.63. The summed E-state index contributed by atoms with van der Waals surface area (Å²) in [6.45, 7) is 9.37. The van der Waals surface area contributed by atoms with Crippen molar-refractivity contribution in [2.45, 2.75) is 104 Å².